The average molecular weight is 267 g/mol. The third-order valence-corrected chi connectivity index (χ3v) is 2.53. The fraction of sp³-hybridized carbons (Fsp3) is 0.0833. The second kappa shape index (κ2) is 4.60. The van der Waals surface area contributed by atoms with Crippen molar-refractivity contribution < 1.29 is 28.3 Å². The Kier molecular flexibility index (Phi) is 3.12. The molecule has 0 spiro atoms. The van der Waals surface area contributed by atoms with Crippen LogP contribution in [-0.2, 0) is 14.4 Å². The number of rotatable bonds is 3. The predicted octanol–water partition coefficient (Wildman–Crippen LogP) is 0.802. The summed E-state index contributed by atoms with van der Waals surface area (Å²) >= 11 is 0. The third-order valence-electron chi connectivity index (χ3n) is 2.53. The van der Waals surface area contributed by atoms with Crippen molar-refractivity contribution in [1.82, 2.24) is 4.90 Å². The van der Waals surface area contributed by atoms with Crippen molar-refractivity contribution in [3.05, 3.63) is 41.5 Å². The Labute approximate surface area is 105 Å². The lowest BCUT2D eigenvalue weighted by atomic mass is 10.1. The van der Waals surface area contributed by atoms with Crippen molar-refractivity contribution in [1.29, 1.82) is 0 Å². The maximum absolute atomic E-state index is 13.1. The Bertz CT molecular complexity index is 624. The van der Waals surface area contributed by atoms with Gasteiger partial charge in [-0.2, -0.15) is 0 Å². The summed E-state index contributed by atoms with van der Waals surface area (Å²) in [5.74, 6) is -5.23. The Morgan fingerprint density at radius 2 is 1.89 bits per heavy atom. The molecule has 0 aromatic heterocycles. The summed E-state index contributed by atoms with van der Waals surface area (Å²) in [6.45, 7) is -0.776. The molecule has 1 aromatic carbocycles. The van der Waals surface area contributed by atoms with Crippen LogP contribution in [0.4, 0.5) is 8.78 Å². The Morgan fingerprint density at radius 1 is 1.21 bits per heavy atom. The van der Waals surface area contributed by atoms with Gasteiger partial charge in [-0.15, -0.1) is 0 Å². The number of amides is 2. The van der Waals surface area contributed by atoms with Crippen molar-refractivity contribution in [2.75, 3.05) is 6.54 Å². The summed E-state index contributed by atoms with van der Waals surface area (Å²) < 4.78 is 25.8. The van der Waals surface area contributed by atoms with Gasteiger partial charge in [0.25, 0.3) is 11.8 Å². The van der Waals surface area contributed by atoms with Crippen molar-refractivity contribution in [2.24, 2.45) is 0 Å². The number of benzene rings is 1. The molecule has 0 bridgehead atoms. The van der Waals surface area contributed by atoms with Gasteiger partial charge in [0.05, 0.1) is 5.57 Å². The highest BCUT2D eigenvalue weighted by molar-refractivity contribution is 6.33. The second-order valence-electron chi connectivity index (χ2n) is 3.81. The van der Waals surface area contributed by atoms with E-state index >= 15 is 0 Å². The van der Waals surface area contributed by atoms with Gasteiger partial charge in [-0.05, 0) is 17.7 Å². The maximum atomic E-state index is 13.1. The Hall–Kier alpha value is -2.57. The summed E-state index contributed by atoms with van der Waals surface area (Å²) in [4.78, 5) is 34.3. The highest BCUT2D eigenvalue weighted by Crippen LogP contribution is 2.24. The first-order valence-electron chi connectivity index (χ1n) is 5.15. The smallest absolute Gasteiger partial charge is 0.323 e. The molecule has 1 aromatic rings. The first-order chi connectivity index (χ1) is 8.90. The van der Waals surface area contributed by atoms with Crippen molar-refractivity contribution >= 4 is 23.4 Å². The molecule has 0 fully saturated rings. The molecular formula is C12H7F2NO4. The van der Waals surface area contributed by atoms with Gasteiger partial charge in [-0.3, -0.25) is 19.3 Å². The molecule has 0 atom stereocenters. The van der Waals surface area contributed by atoms with Crippen LogP contribution >= 0.6 is 0 Å². The van der Waals surface area contributed by atoms with Crippen LogP contribution in [0.3, 0.4) is 0 Å². The van der Waals surface area contributed by atoms with Gasteiger partial charge in [0.15, 0.2) is 11.6 Å². The summed E-state index contributed by atoms with van der Waals surface area (Å²) in [6.07, 6.45) is 0.901. The molecule has 1 aliphatic heterocycles. The largest absolute Gasteiger partial charge is 0.480 e. The van der Waals surface area contributed by atoms with Crippen LogP contribution in [0.1, 0.15) is 5.56 Å². The Morgan fingerprint density at radius 3 is 2.47 bits per heavy atom. The number of carboxylic acids is 1. The molecule has 98 valence electrons. The summed E-state index contributed by atoms with van der Waals surface area (Å²) in [5, 5.41) is 8.57. The lowest BCUT2D eigenvalue weighted by Crippen LogP contribution is -2.35. The molecule has 2 amide bonds. The molecule has 2 rings (SSSR count). The topological polar surface area (TPSA) is 74.7 Å². The zero-order valence-corrected chi connectivity index (χ0v) is 9.39. The van der Waals surface area contributed by atoms with Gasteiger partial charge in [-0.1, -0.05) is 6.07 Å². The quantitative estimate of drug-likeness (QED) is 0.822. The summed E-state index contributed by atoms with van der Waals surface area (Å²) in [6, 6.07) is 2.74. The molecule has 1 N–H and O–H groups in total. The van der Waals surface area contributed by atoms with E-state index in [0.717, 1.165) is 24.3 Å². The minimum absolute atomic E-state index is 0.0186. The summed E-state index contributed by atoms with van der Waals surface area (Å²) in [5.41, 5.74) is -0.143. The number of carbonyl (C=O) groups excluding carboxylic acids is 2. The zero-order valence-electron chi connectivity index (χ0n) is 9.39. The number of aliphatic carboxylic acids is 1. The Balaban J connectivity index is 2.34. The van der Waals surface area contributed by atoms with Crippen LogP contribution in [0.15, 0.2) is 24.3 Å². The van der Waals surface area contributed by atoms with Gasteiger partial charge in [0.2, 0.25) is 0 Å². The molecule has 0 saturated carbocycles. The van der Waals surface area contributed by atoms with Gasteiger partial charge < -0.3 is 5.11 Å². The standard InChI is InChI=1S/C12H7F2NO4/c13-8-2-1-6(3-9(8)14)7-4-10(16)15(12(7)19)5-11(17)18/h1-4H,5H2,(H,17,18). The lowest BCUT2D eigenvalue weighted by Gasteiger charge is -2.11. The van der Waals surface area contributed by atoms with E-state index in [9.17, 15) is 23.2 Å². The number of nitrogens with zero attached hydrogens (tertiary/aromatic N) is 1. The van der Waals surface area contributed by atoms with Crippen LogP contribution in [0, 0.1) is 11.6 Å². The van der Waals surface area contributed by atoms with Gasteiger partial charge >= 0.3 is 5.97 Å². The van der Waals surface area contributed by atoms with Crippen molar-refractivity contribution in [2.45, 2.75) is 0 Å². The summed E-state index contributed by atoms with van der Waals surface area (Å²) in [7, 11) is 0. The van der Waals surface area contributed by atoms with Crippen LogP contribution in [0.25, 0.3) is 5.57 Å². The lowest BCUT2D eigenvalue weighted by molar-refractivity contribution is -0.147. The van der Waals surface area contributed by atoms with E-state index in [2.05, 4.69) is 0 Å². The van der Waals surface area contributed by atoms with Gasteiger partial charge in [-0.25, -0.2) is 8.78 Å². The monoisotopic (exact) mass is 267 g/mol. The molecule has 0 aliphatic carbocycles. The fourth-order valence-corrected chi connectivity index (χ4v) is 1.66. The van der Waals surface area contributed by atoms with Crippen molar-refractivity contribution in [3.63, 3.8) is 0 Å². The number of carboxylic acid groups (broad SMARTS) is 1. The van der Waals surface area contributed by atoms with E-state index in [4.69, 9.17) is 5.11 Å². The molecule has 0 unspecified atom stereocenters. The molecule has 0 radical (unpaired) electrons. The van der Waals surface area contributed by atoms with E-state index < -0.39 is 36.0 Å². The third kappa shape index (κ3) is 2.35. The number of imide groups is 1. The predicted molar refractivity (Wildman–Crippen MR) is 58.7 cm³/mol. The minimum atomic E-state index is -1.35. The van der Waals surface area contributed by atoms with Crippen LogP contribution in [0.2, 0.25) is 0 Å². The van der Waals surface area contributed by atoms with E-state index in [0.29, 0.717) is 4.90 Å². The highest BCUT2D eigenvalue weighted by atomic mass is 19.2. The van der Waals surface area contributed by atoms with E-state index in [-0.39, 0.29) is 11.1 Å². The average Bonchev–Trinajstić information content (AvgIpc) is 2.60. The molecule has 1 heterocycles. The highest BCUT2D eigenvalue weighted by Gasteiger charge is 2.33. The van der Waals surface area contributed by atoms with Crippen LogP contribution in [-0.4, -0.2) is 34.3 Å². The second-order valence-corrected chi connectivity index (χ2v) is 3.81. The SMILES string of the molecule is O=C(O)CN1C(=O)C=C(c2ccc(F)c(F)c2)C1=O. The first-order valence-corrected chi connectivity index (χ1v) is 5.15. The van der Waals surface area contributed by atoms with Gasteiger partial charge in [0.1, 0.15) is 6.54 Å². The number of carbonyl (C=O) groups is 3. The maximum Gasteiger partial charge on any atom is 0.323 e. The normalized spacial score (nSPS) is 14.8. The minimum Gasteiger partial charge on any atom is -0.480 e. The number of hydrogen-bond acceptors (Lipinski definition) is 3. The molecule has 0 saturated heterocycles. The van der Waals surface area contributed by atoms with Crippen LogP contribution < -0.4 is 0 Å². The van der Waals surface area contributed by atoms with Crippen molar-refractivity contribution in [3.8, 4) is 0 Å². The van der Waals surface area contributed by atoms with E-state index in [1.807, 2.05) is 0 Å². The molecule has 5 nitrogen and oxygen atoms in total. The molecule has 7 heteroatoms. The first kappa shape index (κ1) is 12.9. The zero-order chi connectivity index (χ0) is 14.2. The van der Waals surface area contributed by atoms with E-state index in [1.54, 1.807) is 0 Å². The van der Waals surface area contributed by atoms with E-state index in [1.165, 1.54) is 0 Å². The number of halogens is 2. The fourth-order valence-electron chi connectivity index (χ4n) is 1.66. The van der Waals surface area contributed by atoms with Gasteiger partial charge in [0, 0.05) is 6.08 Å². The molecular weight excluding hydrogens is 260 g/mol. The molecule has 19 heavy (non-hydrogen) atoms. The van der Waals surface area contributed by atoms with Crippen LogP contribution in [0.5, 0.6) is 0 Å². The number of hydrogen-bond donors (Lipinski definition) is 1. The molecule has 1 aliphatic rings.